The summed E-state index contributed by atoms with van der Waals surface area (Å²) in [5.41, 5.74) is 1.57. The molecule has 2 rings (SSSR count). The quantitative estimate of drug-likeness (QED) is 0.864. The molecular formula is C18H24FNO. The van der Waals surface area contributed by atoms with Gasteiger partial charge in [0, 0.05) is 18.2 Å². The molecule has 0 radical (unpaired) electrons. The molecule has 1 aromatic rings. The molecule has 2 nitrogen and oxygen atoms in total. The van der Waals surface area contributed by atoms with Gasteiger partial charge in [-0.1, -0.05) is 31.6 Å². The van der Waals surface area contributed by atoms with E-state index in [1.165, 1.54) is 31.7 Å². The topological polar surface area (TPSA) is 23.5 Å². The molecule has 1 fully saturated rings. The fourth-order valence-electron chi connectivity index (χ4n) is 3.17. The fourth-order valence-corrected chi connectivity index (χ4v) is 3.17. The number of hydrogen-bond acceptors (Lipinski definition) is 2. The molecule has 2 unspecified atom stereocenters. The summed E-state index contributed by atoms with van der Waals surface area (Å²) in [6, 6.07) is 5.49. The monoisotopic (exact) mass is 289 g/mol. The highest BCUT2D eigenvalue weighted by Gasteiger charge is 2.22. The van der Waals surface area contributed by atoms with Crippen molar-refractivity contribution >= 4 is 0 Å². The van der Waals surface area contributed by atoms with Crippen LogP contribution in [0.5, 0.6) is 0 Å². The average Bonchev–Trinajstić information content (AvgIpc) is 2.44. The number of nitrogens with zero attached hydrogens (tertiary/aromatic N) is 1. The SMILES string of the molecule is CC1CCCC(N(C)Cc2cc(F)cc(C#CCO)c2)C1. The summed E-state index contributed by atoms with van der Waals surface area (Å²) in [4.78, 5) is 2.33. The zero-order valence-electron chi connectivity index (χ0n) is 12.9. The lowest BCUT2D eigenvalue weighted by atomic mass is 9.86. The van der Waals surface area contributed by atoms with Gasteiger partial charge < -0.3 is 5.11 Å². The maximum absolute atomic E-state index is 13.7. The van der Waals surface area contributed by atoms with E-state index in [9.17, 15) is 4.39 Å². The molecule has 1 aliphatic carbocycles. The van der Waals surface area contributed by atoms with Crippen LogP contribution in [-0.4, -0.2) is 29.7 Å². The van der Waals surface area contributed by atoms with Gasteiger partial charge in [0.1, 0.15) is 12.4 Å². The first-order chi connectivity index (χ1) is 10.1. The minimum atomic E-state index is -0.264. The molecule has 0 spiro atoms. The molecule has 0 heterocycles. The summed E-state index contributed by atoms with van der Waals surface area (Å²) in [6.45, 7) is 2.85. The number of aliphatic hydroxyl groups excluding tert-OH is 1. The van der Waals surface area contributed by atoms with E-state index in [-0.39, 0.29) is 12.4 Å². The molecule has 0 aromatic heterocycles. The third kappa shape index (κ3) is 4.84. The van der Waals surface area contributed by atoms with Gasteiger partial charge in [0.15, 0.2) is 0 Å². The van der Waals surface area contributed by atoms with Gasteiger partial charge in [0.25, 0.3) is 0 Å². The Labute approximate surface area is 127 Å². The van der Waals surface area contributed by atoms with Gasteiger partial charge in [0.05, 0.1) is 0 Å². The number of benzene rings is 1. The first-order valence-electron chi connectivity index (χ1n) is 7.68. The zero-order chi connectivity index (χ0) is 15.2. The normalized spacial score (nSPS) is 22.0. The first-order valence-corrected chi connectivity index (χ1v) is 7.68. The lowest BCUT2D eigenvalue weighted by molar-refractivity contribution is 0.157. The van der Waals surface area contributed by atoms with Crippen molar-refractivity contribution in [1.29, 1.82) is 0 Å². The van der Waals surface area contributed by atoms with Crippen molar-refractivity contribution in [3.63, 3.8) is 0 Å². The molecule has 1 aromatic carbocycles. The van der Waals surface area contributed by atoms with E-state index in [0.29, 0.717) is 11.6 Å². The number of aliphatic hydroxyl groups is 1. The molecule has 2 atom stereocenters. The molecule has 1 saturated carbocycles. The maximum atomic E-state index is 13.7. The molecule has 1 aliphatic rings. The highest BCUT2D eigenvalue weighted by atomic mass is 19.1. The number of rotatable bonds is 3. The van der Waals surface area contributed by atoms with Crippen molar-refractivity contribution in [2.45, 2.75) is 45.2 Å². The Morgan fingerprint density at radius 1 is 1.33 bits per heavy atom. The Morgan fingerprint density at radius 3 is 2.86 bits per heavy atom. The van der Waals surface area contributed by atoms with Crippen LogP contribution in [0.2, 0.25) is 0 Å². The lowest BCUT2D eigenvalue weighted by Gasteiger charge is -2.34. The van der Waals surface area contributed by atoms with Crippen LogP contribution in [0.3, 0.4) is 0 Å². The third-order valence-corrected chi connectivity index (χ3v) is 4.23. The number of halogens is 1. The number of hydrogen-bond donors (Lipinski definition) is 1. The molecular weight excluding hydrogens is 265 g/mol. The maximum Gasteiger partial charge on any atom is 0.124 e. The predicted octanol–water partition coefficient (Wildman–Crippen LogP) is 3.18. The van der Waals surface area contributed by atoms with Gasteiger partial charge >= 0.3 is 0 Å². The molecule has 0 bridgehead atoms. The fraction of sp³-hybridized carbons (Fsp3) is 0.556. The van der Waals surface area contributed by atoms with Crippen LogP contribution in [0.15, 0.2) is 18.2 Å². The van der Waals surface area contributed by atoms with E-state index in [2.05, 4.69) is 30.7 Å². The van der Waals surface area contributed by atoms with Crippen molar-refractivity contribution in [1.82, 2.24) is 4.90 Å². The summed E-state index contributed by atoms with van der Waals surface area (Å²) in [6.07, 6.45) is 5.06. The molecule has 0 aliphatic heterocycles. The largest absolute Gasteiger partial charge is 0.384 e. The smallest absolute Gasteiger partial charge is 0.124 e. The minimum Gasteiger partial charge on any atom is -0.384 e. The van der Waals surface area contributed by atoms with Gasteiger partial charge in [-0.15, -0.1) is 0 Å². The third-order valence-electron chi connectivity index (χ3n) is 4.23. The van der Waals surface area contributed by atoms with E-state index in [1.54, 1.807) is 6.07 Å². The standard InChI is InChI=1S/C18H24FNO/c1-14-5-3-7-18(9-14)20(2)13-16-10-15(6-4-8-21)11-17(19)12-16/h10-12,14,18,21H,3,5,7-9,13H2,1-2H3. The van der Waals surface area contributed by atoms with Gasteiger partial charge in [-0.05, 0) is 49.6 Å². The van der Waals surface area contributed by atoms with Crippen molar-refractivity contribution in [3.8, 4) is 11.8 Å². The average molecular weight is 289 g/mol. The van der Waals surface area contributed by atoms with Crippen LogP contribution in [0.25, 0.3) is 0 Å². The van der Waals surface area contributed by atoms with Crippen molar-refractivity contribution in [2.75, 3.05) is 13.7 Å². The van der Waals surface area contributed by atoms with Crippen LogP contribution >= 0.6 is 0 Å². The van der Waals surface area contributed by atoms with Crippen LogP contribution in [0, 0.1) is 23.6 Å². The first kappa shape index (κ1) is 16.0. The van der Waals surface area contributed by atoms with E-state index in [0.717, 1.165) is 18.0 Å². The molecule has 0 saturated heterocycles. The van der Waals surface area contributed by atoms with E-state index in [1.807, 2.05) is 6.07 Å². The Balaban J connectivity index is 2.06. The Bertz CT molecular complexity index is 532. The Kier molecular flexibility index (Phi) is 5.78. The van der Waals surface area contributed by atoms with Crippen molar-refractivity contribution in [3.05, 3.63) is 35.1 Å². The van der Waals surface area contributed by atoms with E-state index >= 15 is 0 Å². The summed E-state index contributed by atoms with van der Waals surface area (Å²) in [7, 11) is 2.12. The van der Waals surface area contributed by atoms with Crippen molar-refractivity contribution < 1.29 is 9.50 Å². The molecule has 3 heteroatoms. The lowest BCUT2D eigenvalue weighted by Crippen LogP contribution is -2.35. The van der Waals surface area contributed by atoms with Gasteiger partial charge in [0.2, 0.25) is 0 Å². The van der Waals surface area contributed by atoms with E-state index < -0.39 is 0 Å². The second-order valence-corrected chi connectivity index (χ2v) is 6.15. The second-order valence-electron chi connectivity index (χ2n) is 6.15. The zero-order valence-corrected chi connectivity index (χ0v) is 12.9. The van der Waals surface area contributed by atoms with Gasteiger partial charge in [-0.2, -0.15) is 0 Å². The van der Waals surface area contributed by atoms with Crippen LogP contribution in [0.1, 0.15) is 43.7 Å². The minimum absolute atomic E-state index is 0.203. The Hall–Kier alpha value is -1.37. The highest BCUT2D eigenvalue weighted by molar-refractivity contribution is 5.37. The van der Waals surface area contributed by atoms with Crippen molar-refractivity contribution in [2.24, 2.45) is 5.92 Å². The van der Waals surface area contributed by atoms with Gasteiger partial charge in [-0.3, -0.25) is 4.90 Å². The second kappa shape index (κ2) is 7.59. The Morgan fingerprint density at radius 2 is 2.14 bits per heavy atom. The summed E-state index contributed by atoms with van der Waals surface area (Å²) in [5.74, 6) is 5.86. The van der Waals surface area contributed by atoms with Crippen LogP contribution in [0.4, 0.5) is 4.39 Å². The van der Waals surface area contributed by atoms with Gasteiger partial charge in [-0.25, -0.2) is 4.39 Å². The predicted molar refractivity (Wildman–Crippen MR) is 83.3 cm³/mol. The van der Waals surface area contributed by atoms with E-state index in [4.69, 9.17) is 5.11 Å². The molecule has 114 valence electrons. The molecule has 21 heavy (non-hydrogen) atoms. The summed E-state index contributed by atoms with van der Waals surface area (Å²) < 4.78 is 13.7. The molecule has 1 N–H and O–H groups in total. The van der Waals surface area contributed by atoms with Crippen LogP contribution in [-0.2, 0) is 6.54 Å². The molecule has 0 amide bonds. The highest BCUT2D eigenvalue weighted by Crippen LogP contribution is 2.27. The summed E-state index contributed by atoms with van der Waals surface area (Å²) >= 11 is 0. The van der Waals surface area contributed by atoms with Crippen LogP contribution < -0.4 is 0 Å². The summed E-state index contributed by atoms with van der Waals surface area (Å²) in [5, 5.41) is 8.73.